The maximum atomic E-state index is 13.6. The first-order valence-corrected chi connectivity index (χ1v) is 11.2. The Morgan fingerprint density at radius 3 is 2.50 bits per heavy atom. The van der Waals surface area contributed by atoms with Crippen LogP contribution in [0.4, 0.5) is 5.69 Å². The molecule has 0 saturated heterocycles. The molecule has 182 valence electrons. The lowest BCUT2D eigenvalue weighted by atomic mass is 9.98. The molecule has 36 heavy (non-hydrogen) atoms. The van der Waals surface area contributed by atoms with Gasteiger partial charge in [-0.1, -0.05) is 30.3 Å². The van der Waals surface area contributed by atoms with Gasteiger partial charge in [0, 0.05) is 18.7 Å². The average Bonchev–Trinajstić information content (AvgIpc) is 3.18. The van der Waals surface area contributed by atoms with Crippen LogP contribution >= 0.6 is 0 Å². The number of methoxy groups -OCH3 is 2. The molecular formula is C27H22N2O7. The zero-order valence-electron chi connectivity index (χ0n) is 19.6. The molecule has 0 fully saturated rings. The van der Waals surface area contributed by atoms with Crippen molar-refractivity contribution >= 4 is 22.6 Å². The number of rotatable bonds is 7. The first-order valence-electron chi connectivity index (χ1n) is 11.2. The van der Waals surface area contributed by atoms with Crippen LogP contribution in [0.25, 0.3) is 11.0 Å². The van der Waals surface area contributed by atoms with Crippen molar-refractivity contribution in [1.29, 1.82) is 0 Å². The molecule has 1 amide bonds. The monoisotopic (exact) mass is 486 g/mol. The Kier molecular flexibility index (Phi) is 5.89. The molecule has 0 radical (unpaired) electrons. The number of hydrogen-bond acceptors (Lipinski definition) is 7. The van der Waals surface area contributed by atoms with Gasteiger partial charge in [-0.25, -0.2) is 0 Å². The van der Waals surface area contributed by atoms with Crippen LogP contribution in [0.5, 0.6) is 11.5 Å². The predicted octanol–water partition coefficient (Wildman–Crippen LogP) is 4.51. The summed E-state index contributed by atoms with van der Waals surface area (Å²) in [4.78, 5) is 39.6. The molecular weight excluding hydrogens is 464 g/mol. The molecule has 0 N–H and O–H groups in total. The lowest BCUT2D eigenvalue weighted by Gasteiger charge is -2.25. The Labute approximate surface area is 205 Å². The number of nitrogens with zero attached hydrogens (tertiary/aromatic N) is 2. The zero-order chi connectivity index (χ0) is 25.4. The summed E-state index contributed by atoms with van der Waals surface area (Å²) in [6.07, 6.45) is 0.444. The van der Waals surface area contributed by atoms with E-state index in [-0.39, 0.29) is 29.0 Å². The summed E-state index contributed by atoms with van der Waals surface area (Å²) in [6.45, 7) is 0.238. The second kappa shape index (κ2) is 9.18. The minimum absolute atomic E-state index is 0.0393. The summed E-state index contributed by atoms with van der Waals surface area (Å²) >= 11 is 0. The van der Waals surface area contributed by atoms with Crippen molar-refractivity contribution < 1.29 is 23.6 Å². The van der Waals surface area contributed by atoms with Crippen molar-refractivity contribution in [3.05, 3.63) is 110 Å². The number of carbonyl (C=O) groups is 1. The van der Waals surface area contributed by atoms with E-state index < -0.39 is 16.9 Å². The number of hydrogen-bond donors (Lipinski definition) is 0. The molecule has 0 bridgehead atoms. The van der Waals surface area contributed by atoms with Gasteiger partial charge in [-0.05, 0) is 41.8 Å². The van der Waals surface area contributed by atoms with Gasteiger partial charge in [0.05, 0.1) is 36.1 Å². The number of nitro benzene ring substituents is 1. The third-order valence-corrected chi connectivity index (χ3v) is 6.36. The summed E-state index contributed by atoms with van der Waals surface area (Å²) in [6, 6.07) is 17.4. The standard InChI is InChI=1S/C27H22N2O7/c1-34-21-11-10-16(14-22(21)35-2)12-13-28-24(17-6-5-7-18(15-17)29(32)33)23-25(30)19-8-3-4-9-20(19)36-26(23)27(28)31/h3-11,14-15,24H,12-13H2,1-2H3. The quantitative estimate of drug-likeness (QED) is 0.279. The highest BCUT2D eigenvalue weighted by atomic mass is 16.6. The van der Waals surface area contributed by atoms with Gasteiger partial charge in [0.25, 0.3) is 11.6 Å². The molecule has 2 heterocycles. The number of ether oxygens (including phenoxy) is 2. The lowest BCUT2D eigenvalue weighted by Crippen LogP contribution is -2.31. The summed E-state index contributed by atoms with van der Waals surface area (Å²) < 4.78 is 16.6. The first-order chi connectivity index (χ1) is 17.4. The van der Waals surface area contributed by atoms with E-state index in [4.69, 9.17) is 13.9 Å². The van der Waals surface area contributed by atoms with E-state index in [9.17, 15) is 19.7 Å². The second-order valence-electron chi connectivity index (χ2n) is 8.36. The molecule has 1 aliphatic rings. The minimum atomic E-state index is -0.826. The van der Waals surface area contributed by atoms with Crippen LogP contribution in [0.2, 0.25) is 0 Å². The van der Waals surface area contributed by atoms with E-state index in [0.29, 0.717) is 34.5 Å². The third-order valence-electron chi connectivity index (χ3n) is 6.36. The van der Waals surface area contributed by atoms with Gasteiger partial charge in [0.15, 0.2) is 16.9 Å². The van der Waals surface area contributed by atoms with Gasteiger partial charge in [-0.15, -0.1) is 0 Å². The molecule has 5 rings (SSSR count). The van der Waals surface area contributed by atoms with Crippen LogP contribution in [-0.2, 0) is 6.42 Å². The van der Waals surface area contributed by atoms with Crippen molar-refractivity contribution in [2.24, 2.45) is 0 Å². The van der Waals surface area contributed by atoms with Gasteiger partial charge in [-0.2, -0.15) is 0 Å². The van der Waals surface area contributed by atoms with E-state index in [1.807, 2.05) is 12.1 Å². The number of nitro groups is 1. The van der Waals surface area contributed by atoms with E-state index in [1.165, 1.54) is 17.0 Å². The van der Waals surface area contributed by atoms with Crippen LogP contribution < -0.4 is 14.9 Å². The van der Waals surface area contributed by atoms with Crippen LogP contribution in [0.15, 0.2) is 75.9 Å². The molecule has 4 aromatic rings. The molecule has 3 aromatic carbocycles. The maximum Gasteiger partial charge on any atom is 0.290 e. The Morgan fingerprint density at radius 2 is 1.75 bits per heavy atom. The summed E-state index contributed by atoms with van der Waals surface area (Å²) in [7, 11) is 3.10. The largest absolute Gasteiger partial charge is 0.493 e. The van der Waals surface area contributed by atoms with Gasteiger partial charge in [0.2, 0.25) is 5.76 Å². The van der Waals surface area contributed by atoms with E-state index in [2.05, 4.69) is 0 Å². The smallest absolute Gasteiger partial charge is 0.290 e. The number of para-hydroxylation sites is 1. The Hall–Kier alpha value is -4.66. The molecule has 0 spiro atoms. The molecule has 1 aromatic heterocycles. The van der Waals surface area contributed by atoms with Crippen LogP contribution in [0, 0.1) is 10.1 Å². The van der Waals surface area contributed by atoms with Gasteiger partial charge in [0.1, 0.15) is 5.58 Å². The molecule has 1 aliphatic heterocycles. The van der Waals surface area contributed by atoms with E-state index in [0.717, 1.165) is 5.56 Å². The van der Waals surface area contributed by atoms with Crippen molar-refractivity contribution in [3.8, 4) is 11.5 Å². The van der Waals surface area contributed by atoms with E-state index >= 15 is 0 Å². The highest BCUT2D eigenvalue weighted by molar-refractivity contribution is 5.99. The zero-order valence-corrected chi connectivity index (χ0v) is 19.6. The highest BCUT2D eigenvalue weighted by Gasteiger charge is 2.42. The molecule has 0 saturated carbocycles. The first kappa shape index (κ1) is 23.1. The third kappa shape index (κ3) is 3.84. The van der Waals surface area contributed by atoms with Crippen LogP contribution in [0.1, 0.15) is 33.3 Å². The van der Waals surface area contributed by atoms with Crippen molar-refractivity contribution in [1.82, 2.24) is 4.90 Å². The molecule has 1 atom stereocenters. The molecule has 0 aliphatic carbocycles. The summed E-state index contributed by atoms with van der Waals surface area (Å²) in [5, 5.41) is 11.8. The molecule has 9 heteroatoms. The summed E-state index contributed by atoms with van der Waals surface area (Å²) in [5.74, 6) is 0.665. The Morgan fingerprint density at radius 1 is 0.972 bits per heavy atom. The topological polar surface area (TPSA) is 112 Å². The van der Waals surface area contributed by atoms with Crippen molar-refractivity contribution in [3.63, 3.8) is 0 Å². The highest BCUT2D eigenvalue weighted by Crippen LogP contribution is 2.39. The number of fused-ring (bicyclic) bond motifs is 2. The second-order valence-corrected chi connectivity index (χ2v) is 8.36. The maximum absolute atomic E-state index is 13.6. The SMILES string of the molecule is COc1ccc(CCN2C(=O)c3oc4ccccc4c(=O)c3C2c2cccc([N+](=O)[O-])c2)cc1OC. The number of amides is 1. The normalized spacial score (nSPS) is 14.7. The number of carbonyl (C=O) groups excluding carboxylic acids is 1. The van der Waals surface area contributed by atoms with Crippen molar-refractivity contribution in [2.75, 3.05) is 20.8 Å². The van der Waals surface area contributed by atoms with Crippen molar-refractivity contribution in [2.45, 2.75) is 12.5 Å². The number of benzene rings is 3. The minimum Gasteiger partial charge on any atom is -0.493 e. The van der Waals surface area contributed by atoms with Gasteiger partial charge >= 0.3 is 0 Å². The molecule has 9 nitrogen and oxygen atoms in total. The average molecular weight is 486 g/mol. The fraction of sp³-hybridized carbons (Fsp3) is 0.185. The fourth-order valence-corrected chi connectivity index (χ4v) is 4.64. The Bertz CT molecular complexity index is 1560. The predicted molar refractivity (Wildman–Crippen MR) is 132 cm³/mol. The Balaban J connectivity index is 1.60. The lowest BCUT2D eigenvalue weighted by molar-refractivity contribution is -0.384. The van der Waals surface area contributed by atoms with Crippen LogP contribution in [-0.4, -0.2) is 36.5 Å². The van der Waals surface area contributed by atoms with Gasteiger partial charge < -0.3 is 18.8 Å². The molecule has 1 unspecified atom stereocenters. The van der Waals surface area contributed by atoms with Gasteiger partial charge in [-0.3, -0.25) is 19.7 Å². The van der Waals surface area contributed by atoms with E-state index in [1.54, 1.807) is 56.7 Å². The number of non-ortho nitro benzene ring substituents is 1. The van der Waals surface area contributed by atoms with Crippen LogP contribution in [0.3, 0.4) is 0 Å². The fourth-order valence-electron chi connectivity index (χ4n) is 4.64. The summed E-state index contributed by atoms with van der Waals surface area (Å²) in [5.41, 5.74) is 1.40.